The summed E-state index contributed by atoms with van der Waals surface area (Å²) in [5.74, 6) is 1.20. The maximum Gasteiger partial charge on any atom is 0.276 e. The van der Waals surface area contributed by atoms with Crippen LogP contribution in [-0.2, 0) is 0 Å². The van der Waals surface area contributed by atoms with Crippen molar-refractivity contribution >= 4 is 17.4 Å². The van der Waals surface area contributed by atoms with Gasteiger partial charge in [0.1, 0.15) is 11.6 Å². The lowest BCUT2D eigenvalue weighted by atomic mass is 10.3. The van der Waals surface area contributed by atoms with Crippen molar-refractivity contribution in [3.63, 3.8) is 0 Å². The normalized spacial score (nSPS) is 13.5. The summed E-state index contributed by atoms with van der Waals surface area (Å²) in [4.78, 5) is 12.1. The average Bonchev–Trinajstić information content (AvgIpc) is 3.34. The summed E-state index contributed by atoms with van der Waals surface area (Å²) in [6.07, 6.45) is 2.34. The number of nitrogens with one attached hydrogen (secondary N) is 2. The lowest BCUT2D eigenvalue weighted by Gasteiger charge is -2.07. The minimum Gasteiger partial charge on any atom is -0.494 e. The molecule has 2 aromatic rings. The van der Waals surface area contributed by atoms with E-state index in [1.54, 1.807) is 24.3 Å². The molecule has 0 unspecified atom stereocenters. The topological polar surface area (TPSA) is 76.1 Å². The first-order valence-corrected chi connectivity index (χ1v) is 7.39. The molecule has 1 aromatic heterocycles. The Morgan fingerprint density at radius 3 is 2.55 bits per heavy atom. The minimum absolute atomic E-state index is 0.283. The summed E-state index contributed by atoms with van der Waals surface area (Å²) >= 11 is 0. The van der Waals surface area contributed by atoms with Crippen molar-refractivity contribution in [2.75, 3.05) is 17.2 Å². The van der Waals surface area contributed by atoms with E-state index in [1.807, 2.05) is 19.1 Å². The Balaban J connectivity index is 1.60. The number of nitrogens with zero attached hydrogens (tertiary/aromatic N) is 2. The van der Waals surface area contributed by atoms with Gasteiger partial charge in [0.25, 0.3) is 5.91 Å². The van der Waals surface area contributed by atoms with Crippen molar-refractivity contribution in [1.29, 1.82) is 0 Å². The van der Waals surface area contributed by atoms with Crippen molar-refractivity contribution in [2.24, 2.45) is 0 Å². The lowest BCUT2D eigenvalue weighted by Crippen LogP contribution is -2.15. The van der Waals surface area contributed by atoms with Gasteiger partial charge in [-0.15, -0.1) is 10.2 Å². The van der Waals surface area contributed by atoms with Gasteiger partial charge in [0.15, 0.2) is 5.69 Å². The van der Waals surface area contributed by atoms with Gasteiger partial charge >= 0.3 is 0 Å². The van der Waals surface area contributed by atoms with Gasteiger partial charge in [-0.3, -0.25) is 4.79 Å². The van der Waals surface area contributed by atoms with Gasteiger partial charge in [0.2, 0.25) is 0 Å². The zero-order valence-corrected chi connectivity index (χ0v) is 12.4. The number of carbonyl (C=O) groups excluding carboxylic acids is 1. The molecule has 2 N–H and O–H groups in total. The van der Waals surface area contributed by atoms with Crippen LogP contribution in [0, 0.1) is 0 Å². The number of anilines is 2. The van der Waals surface area contributed by atoms with E-state index in [0.29, 0.717) is 24.2 Å². The smallest absolute Gasteiger partial charge is 0.276 e. The third kappa shape index (κ3) is 3.72. The molecule has 0 radical (unpaired) electrons. The van der Waals surface area contributed by atoms with Gasteiger partial charge in [-0.2, -0.15) is 0 Å². The van der Waals surface area contributed by atoms with Crippen LogP contribution in [-0.4, -0.2) is 28.8 Å². The molecule has 6 nitrogen and oxygen atoms in total. The number of hydrogen-bond acceptors (Lipinski definition) is 5. The first kappa shape index (κ1) is 14.3. The maximum atomic E-state index is 12.1. The molecular formula is C16H18N4O2. The number of carbonyl (C=O) groups is 1. The highest BCUT2D eigenvalue weighted by molar-refractivity contribution is 6.02. The van der Waals surface area contributed by atoms with Crippen LogP contribution in [0.25, 0.3) is 0 Å². The monoisotopic (exact) mass is 298 g/mol. The molecule has 22 heavy (non-hydrogen) atoms. The SMILES string of the molecule is CCOc1ccc(NC(=O)c2ccc(NC3CC3)nn2)cc1. The van der Waals surface area contributed by atoms with E-state index in [0.717, 1.165) is 5.75 Å². The Bertz CT molecular complexity index is 636. The van der Waals surface area contributed by atoms with Crippen molar-refractivity contribution in [3.8, 4) is 5.75 Å². The van der Waals surface area contributed by atoms with Crippen LogP contribution in [0.15, 0.2) is 36.4 Å². The zero-order chi connectivity index (χ0) is 15.4. The van der Waals surface area contributed by atoms with Gasteiger partial charge in [0, 0.05) is 11.7 Å². The van der Waals surface area contributed by atoms with Crippen molar-refractivity contribution in [1.82, 2.24) is 10.2 Å². The van der Waals surface area contributed by atoms with Crippen molar-refractivity contribution < 1.29 is 9.53 Å². The molecule has 114 valence electrons. The standard InChI is InChI=1S/C16H18N4O2/c1-2-22-13-7-5-12(6-8-13)18-16(21)14-9-10-15(20-19-14)17-11-3-4-11/h5-11H,2-4H2,1H3,(H,17,20)(H,18,21). The fourth-order valence-corrected chi connectivity index (χ4v) is 1.96. The Morgan fingerprint density at radius 1 is 1.18 bits per heavy atom. The zero-order valence-electron chi connectivity index (χ0n) is 12.4. The van der Waals surface area contributed by atoms with Gasteiger partial charge in [-0.1, -0.05) is 0 Å². The quantitative estimate of drug-likeness (QED) is 0.857. The summed E-state index contributed by atoms with van der Waals surface area (Å²) in [6, 6.07) is 11.2. The fourth-order valence-electron chi connectivity index (χ4n) is 1.96. The summed E-state index contributed by atoms with van der Waals surface area (Å²) < 4.78 is 5.36. The predicted molar refractivity (Wildman–Crippen MR) is 84.2 cm³/mol. The van der Waals surface area contributed by atoms with Gasteiger partial charge in [-0.05, 0) is 56.2 Å². The van der Waals surface area contributed by atoms with Gasteiger partial charge in [0.05, 0.1) is 6.61 Å². The first-order valence-electron chi connectivity index (χ1n) is 7.39. The fraction of sp³-hybridized carbons (Fsp3) is 0.312. The highest BCUT2D eigenvalue weighted by Gasteiger charge is 2.21. The third-order valence-electron chi connectivity index (χ3n) is 3.25. The molecule has 0 aliphatic heterocycles. The number of amides is 1. The minimum atomic E-state index is -0.283. The molecule has 1 aliphatic carbocycles. The van der Waals surface area contributed by atoms with E-state index in [4.69, 9.17) is 4.74 Å². The summed E-state index contributed by atoms with van der Waals surface area (Å²) in [6.45, 7) is 2.54. The second kappa shape index (κ2) is 6.43. The number of aromatic nitrogens is 2. The van der Waals surface area contributed by atoms with E-state index in [2.05, 4.69) is 20.8 Å². The van der Waals surface area contributed by atoms with Crippen molar-refractivity contribution in [2.45, 2.75) is 25.8 Å². The molecular weight excluding hydrogens is 280 g/mol. The molecule has 1 saturated carbocycles. The Labute approximate surface area is 128 Å². The molecule has 0 bridgehead atoms. The average molecular weight is 298 g/mol. The first-order chi connectivity index (χ1) is 10.7. The van der Waals surface area contributed by atoms with Crippen LogP contribution >= 0.6 is 0 Å². The van der Waals surface area contributed by atoms with E-state index in [9.17, 15) is 4.79 Å². The second-order valence-electron chi connectivity index (χ2n) is 5.13. The predicted octanol–water partition coefficient (Wildman–Crippen LogP) is 2.70. The van der Waals surface area contributed by atoms with Crippen molar-refractivity contribution in [3.05, 3.63) is 42.1 Å². The Morgan fingerprint density at radius 2 is 1.95 bits per heavy atom. The van der Waals surface area contributed by atoms with Crippen LogP contribution < -0.4 is 15.4 Å². The summed E-state index contributed by atoms with van der Waals surface area (Å²) in [5.41, 5.74) is 0.977. The molecule has 0 atom stereocenters. The summed E-state index contributed by atoms with van der Waals surface area (Å²) in [7, 11) is 0. The van der Waals surface area contributed by atoms with Crippen LogP contribution in [0.4, 0.5) is 11.5 Å². The Hall–Kier alpha value is -2.63. The molecule has 1 aliphatic rings. The number of ether oxygens (including phenoxy) is 1. The lowest BCUT2D eigenvalue weighted by molar-refractivity contribution is 0.102. The molecule has 1 heterocycles. The van der Waals surface area contributed by atoms with Gasteiger partial charge in [-0.25, -0.2) is 0 Å². The summed E-state index contributed by atoms with van der Waals surface area (Å²) in [5, 5.41) is 14.0. The number of benzene rings is 1. The van der Waals surface area contributed by atoms with E-state index in [1.165, 1.54) is 12.8 Å². The maximum absolute atomic E-state index is 12.1. The molecule has 0 spiro atoms. The molecule has 3 rings (SSSR count). The van der Waals surface area contributed by atoms with Crippen LogP contribution in [0.3, 0.4) is 0 Å². The third-order valence-corrected chi connectivity index (χ3v) is 3.25. The van der Waals surface area contributed by atoms with Crippen LogP contribution in [0.1, 0.15) is 30.3 Å². The molecule has 6 heteroatoms. The second-order valence-corrected chi connectivity index (χ2v) is 5.13. The largest absolute Gasteiger partial charge is 0.494 e. The van der Waals surface area contributed by atoms with Crippen LogP contribution in [0.2, 0.25) is 0 Å². The van der Waals surface area contributed by atoms with E-state index in [-0.39, 0.29) is 11.6 Å². The highest BCUT2D eigenvalue weighted by atomic mass is 16.5. The molecule has 0 saturated heterocycles. The molecule has 1 fully saturated rings. The van der Waals surface area contributed by atoms with Gasteiger partial charge < -0.3 is 15.4 Å². The number of hydrogen-bond donors (Lipinski definition) is 2. The number of rotatable bonds is 6. The molecule has 1 aromatic carbocycles. The van der Waals surface area contributed by atoms with Crippen LogP contribution in [0.5, 0.6) is 5.75 Å². The Kier molecular flexibility index (Phi) is 4.18. The van der Waals surface area contributed by atoms with E-state index >= 15 is 0 Å². The van der Waals surface area contributed by atoms with E-state index < -0.39 is 0 Å². The highest BCUT2D eigenvalue weighted by Crippen LogP contribution is 2.23. The molecule has 1 amide bonds.